The molecule has 1 N–H and O–H groups in total. The topological polar surface area (TPSA) is 55.8 Å². The predicted octanol–water partition coefficient (Wildman–Crippen LogP) is 1.30. The molecule has 0 fully saturated rings. The zero-order chi connectivity index (χ0) is 12.8. The predicted molar refractivity (Wildman–Crippen MR) is 43.8 cm³/mol. The van der Waals surface area contributed by atoms with Gasteiger partial charge < -0.3 is 14.6 Å². The van der Waals surface area contributed by atoms with Gasteiger partial charge in [-0.2, -0.15) is 8.78 Å². The minimum Gasteiger partial charge on any atom is -0.433 e. The average molecular weight is 246 g/mol. The molecule has 0 spiro atoms. The Morgan fingerprint density at radius 1 is 1.50 bits per heavy atom. The number of aliphatic hydroxyl groups excluding tert-OH is 1. The second kappa shape index (κ2) is 6.44. The van der Waals surface area contributed by atoms with Gasteiger partial charge in [-0.25, -0.2) is 13.6 Å². The fourth-order valence-corrected chi connectivity index (χ4v) is 0.600. The molecule has 0 heterocycles. The van der Waals surface area contributed by atoms with Crippen molar-refractivity contribution >= 4 is 5.97 Å². The van der Waals surface area contributed by atoms with E-state index < -0.39 is 37.8 Å². The molecule has 0 aliphatic carbocycles. The zero-order valence-electron chi connectivity index (χ0n) is 8.04. The highest BCUT2D eigenvalue weighted by molar-refractivity contribution is 5.81. The largest absolute Gasteiger partial charge is 0.433 e. The molecule has 0 aromatic heterocycles. The first-order valence-corrected chi connectivity index (χ1v) is 4.10. The lowest BCUT2D eigenvalue weighted by Crippen LogP contribution is -2.31. The maximum absolute atomic E-state index is 12.1. The lowest BCUT2D eigenvalue weighted by atomic mass is 10.4. The number of carbonyl (C=O) groups excluding carboxylic acids is 1. The Labute approximate surface area is 88.4 Å². The van der Waals surface area contributed by atoms with Crippen LogP contribution in [0, 0.1) is 0 Å². The van der Waals surface area contributed by atoms with Crippen LogP contribution in [0.1, 0.15) is 6.42 Å². The Morgan fingerprint density at radius 2 is 2.06 bits per heavy atom. The van der Waals surface area contributed by atoms with Gasteiger partial charge in [0.05, 0.1) is 6.61 Å². The van der Waals surface area contributed by atoms with E-state index in [1.54, 1.807) is 0 Å². The molecule has 0 aliphatic heterocycles. The van der Waals surface area contributed by atoms with E-state index in [4.69, 9.17) is 5.11 Å². The molecule has 1 atom stereocenters. The first-order chi connectivity index (χ1) is 7.29. The second-order valence-electron chi connectivity index (χ2n) is 2.60. The van der Waals surface area contributed by atoms with Crippen LogP contribution in [-0.2, 0) is 14.3 Å². The molecule has 0 radical (unpaired) electrons. The SMILES string of the molecule is C=CC(=O)OC(O)CCOC(F)(F)C(F)F. The number of ether oxygens (including phenoxy) is 2. The number of esters is 1. The van der Waals surface area contributed by atoms with Gasteiger partial charge in [0, 0.05) is 12.5 Å². The van der Waals surface area contributed by atoms with E-state index in [9.17, 15) is 22.4 Å². The minimum atomic E-state index is -4.58. The van der Waals surface area contributed by atoms with Crippen molar-refractivity contribution in [2.24, 2.45) is 0 Å². The molecule has 0 rings (SSSR count). The van der Waals surface area contributed by atoms with Gasteiger partial charge >= 0.3 is 18.5 Å². The highest BCUT2D eigenvalue weighted by Gasteiger charge is 2.42. The van der Waals surface area contributed by atoms with Crippen molar-refractivity contribution < 1.29 is 36.9 Å². The Morgan fingerprint density at radius 3 is 2.50 bits per heavy atom. The van der Waals surface area contributed by atoms with Gasteiger partial charge in [-0.3, -0.25) is 0 Å². The van der Waals surface area contributed by atoms with Crippen LogP contribution in [-0.4, -0.2) is 36.5 Å². The third kappa shape index (κ3) is 5.66. The van der Waals surface area contributed by atoms with Crippen LogP contribution >= 0.6 is 0 Å². The van der Waals surface area contributed by atoms with Gasteiger partial charge in [0.25, 0.3) is 0 Å². The molecule has 0 amide bonds. The van der Waals surface area contributed by atoms with Gasteiger partial charge in [-0.05, 0) is 0 Å². The summed E-state index contributed by atoms with van der Waals surface area (Å²) in [6.07, 6.45) is -10.1. The summed E-state index contributed by atoms with van der Waals surface area (Å²) in [4.78, 5) is 10.5. The van der Waals surface area contributed by atoms with Crippen LogP contribution < -0.4 is 0 Å². The van der Waals surface area contributed by atoms with Crippen LogP contribution in [0.2, 0.25) is 0 Å². The lowest BCUT2D eigenvalue weighted by molar-refractivity contribution is -0.303. The third-order valence-corrected chi connectivity index (χ3v) is 1.33. The number of hydrogen-bond acceptors (Lipinski definition) is 4. The van der Waals surface area contributed by atoms with Crippen molar-refractivity contribution in [3.05, 3.63) is 12.7 Å². The number of halogens is 4. The first-order valence-electron chi connectivity index (χ1n) is 4.10. The van der Waals surface area contributed by atoms with Crippen LogP contribution in [0.25, 0.3) is 0 Å². The van der Waals surface area contributed by atoms with Crippen molar-refractivity contribution in [1.29, 1.82) is 0 Å². The van der Waals surface area contributed by atoms with Crippen molar-refractivity contribution in [3.8, 4) is 0 Å². The second-order valence-corrected chi connectivity index (χ2v) is 2.60. The summed E-state index contributed by atoms with van der Waals surface area (Å²) in [6, 6.07) is 0. The van der Waals surface area contributed by atoms with Gasteiger partial charge in [0.2, 0.25) is 6.29 Å². The minimum absolute atomic E-state index is 0.554. The molecular weight excluding hydrogens is 236 g/mol. The summed E-state index contributed by atoms with van der Waals surface area (Å²) in [5.41, 5.74) is 0. The Kier molecular flexibility index (Phi) is 5.97. The van der Waals surface area contributed by atoms with Crippen LogP contribution in [0.4, 0.5) is 17.6 Å². The molecule has 94 valence electrons. The number of aliphatic hydroxyl groups is 1. The smallest absolute Gasteiger partial charge is 0.416 e. The van der Waals surface area contributed by atoms with Gasteiger partial charge in [0.15, 0.2) is 0 Å². The van der Waals surface area contributed by atoms with Crippen molar-refractivity contribution in [2.45, 2.75) is 25.2 Å². The van der Waals surface area contributed by atoms with E-state index in [0.717, 1.165) is 6.08 Å². The molecule has 0 aromatic carbocycles. The summed E-state index contributed by atoms with van der Waals surface area (Å²) in [7, 11) is 0. The molecule has 8 heteroatoms. The van der Waals surface area contributed by atoms with Gasteiger partial charge in [0.1, 0.15) is 0 Å². The molecule has 0 bridgehead atoms. The fourth-order valence-electron chi connectivity index (χ4n) is 0.600. The number of hydrogen-bond donors (Lipinski definition) is 1. The Hall–Kier alpha value is -1.15. The van der Waals surface area contributed by atoms with E-state index >= 15 is 0 Å². The average Bonchev–Trinajstić information content (AvgIpc) is 2.16. The molecule has 0 saturated carbocycles. The van der Waals surface area contributed by atoms with E-state index in [1.165, 1.54) is 0 Å². The summed E-state index contributed by atoms with van der Waals surface area (Å²) in [5.74, 6) is -0.965. The summed E-state index contributed by atoms with van der Waals surface area (Å²) in [5, 5.41) is 8.88. The summed E-state index contributed by atoms with van der Waals surface area (Å²) in [6.45, 7) is 2.13. The molecule has 16 heavy (non-hydrogen) atoms. The maximum Gasteiger partial charge on any atom is 0.416 e. The normalized spacial score (nSPS) is 13.6. The highest BCUT2D eigenvalue weighted by atomic mass is 19.3. The molecule has 0 saturated heterocycles. The van der Waals surface area contributed by atoms with Crippen LogP contribution in [0.3, 0.4) is 0 Å². The molecule has 0 aromatic rings. The van der Waals surface area contributed by atoms with Crippen LogP contribution in [0.15, 0.2) is 12.7 Å². The maximum atomic E-state index is 12.1. The Balaban J connectivity index is 3.81. The monoisotopic (exact) mass is 246 g/mol. The lowest BCUT2D eigenvalue weighted by Gasteiger charge is -2.16. The van der Waals surface area contributed by atoms with E-state index in [0.29, 0.717) is 0 Å². The van der Waals surface area contributed by atoms with E-state index in [2.05, 4.69) is 16.1 Å². The summed E-state index contributed by atoms with van der Waals surface area (Å²) < 4.78 is 55.1. The Bertz CT molecular complexity index is 244. The van der Waals surface area contributed by atoms with Crippen molar-refractivity contribution in [3.63, 3.8) is 0 Å². The van der Waals surface area contributed by atoms with Crippen molar-refractivity contribution in [2.75, 3.05) is 6.61 Å². The van der Waals surface area contributed by atoms with Crippen molar-refractivity contribution in [1.82, 2.24) is 0 Å². The van der Waals surface area contributed by atoms with Gasteiger partial charge in [-0.1, -0.05) is 6.58 Å². The third-order valence-electron chi connectivity index (χ3n) is 1.33. The fraction of sp³-hybridized carbons (Fsp3) is 0.625. The van der Waals surface area contributed by atoms with Crippen LogP contribution in [0.5, 0.6) is 0 Å². The summed E-state index contributed by atoms with van der Waals surface area (Å²) >= 11 is 0. The highest BCUT2D eigenvalue weighted by Crippen LogP contribution is 2.24. The first kappa shape index (κ1) is 14.8. The quantitative estimate of drug-likeness (QED) is 0.318. The standard InChI is InChI=1S/C8H10F4O4/c1-2-5(13)16-6(14)3-4-15-8(11,12)7(9)10/h2,6-7,14H,1,3-4H2. The number of rotatable bonds is 7. The zero-order valence-corrected chi connectivity index (χ0v) is 8.04. The molecule has 0 aliphatic rings. The molecular formula is C8H10F4O4. The number of alkyl halides is 4. The number of carbonyl (C=O) groups is 1. The van der Waals surface area contributed by atoms with E-state index in [-0.39, 0.29) is 0 Å². The van der Waals surface area contributed by atoms with Gasteiger partial charge in [-0.15, -0.1) is 0 Å². The molecule has 4 nitrogen and oxygen atoms in total. The molecule has 1 unspecified atom stereocenters. The van der Waals surface area contributed by atoms with E-state index in [1.807, 2.05) is 0 Å².